The first kappa shape index (κ1) is 14.3. The number of benzene rings is 1. The molecule has 1 aromatic carbocycles. The first-order chi connectivity index (χ1) is 9.26. The summed E-state index contributed by atoms with van der Waals surface area (Å²) in [5.74, 6) is 1.34. The molecular weight excluding hydrogens is 241 g/mol. The Morgan fingerprint density at radius 1 is 1.26 bits per heavy atom. The molecular formula is C16H24FNO. The Morgan fingerprint density at radius 2 is 2.05 bits per heavy atom. The molecule has 0 saturated carbocycles. The van der Waals surface area contributed by atoms with Gasteiger partial charge in [0.1, 0.15) is 11.6 Å². The van der Waals surface area contributed by atoms with E-state index in [1.807, 2.05) is 6.92 Å². The molecule has 1 fully saturated rings. The van der Waals surface area contributed by atoms with Crippen LogP contribution in [-0.2, 0) is 12.8 Å². The molecule has 2 nitrogen and oxygen atoms in total. The summed E-state index contributed by atoms with van der Waals surface area (Å²) in [5, 5.41) is 3.39. The van der Waals surface area contributed by atoms with Gasteiger partial charge >= 0.3 is 0 Å². The second kappa shape index (κ2) is 6.90. The van der Waals surface area contributed by atoms with Crippen LogP contribution in [0.2, 0.25) is 0 Å². The molecule has 1 aliphatic rings. The second-order valence-electron chi connectivity index (χ2n) is 5.23. The van der Waals surface area contributed by atoms with Crippen molar-refractivity contribution in [1.29, 1.82) is 0 Å². The maximum absolute atomic E-state index is 13.7. The highest BCUT2D eigenvalue weighted by molar-refractivity contribution is 5.41. The van der Waals surface area contributed by atoms with Crippen molar-refractivity contribution >= 4 is 0 Å². The third-order valence-electron chi connectivity index (χ3n) is 3.91. The highest BCUT2D eigenvalue weighted by Crippen LogP contribution is 2.27. The van der Waals surface area contributed by atoms with Gasteiger partial charge in [-0.3, -0.25) is 0 Å². The zero-order chi connectivity index (χ0) is 13.7. The molecule has 106 valence electrons. The van der Waals surface area contributed by atoms with E-state index in [0.717, 1.165) is 49.4 Å². The molecule has 0 radical (unpaired) electrons. The molecule has 1 saturated heterocycles. The maximum atomic E-state index is 13.7. The van der Waals surface area contributed by atoms with Crippen LogP contribution in [0.3, 0.4) is 0 Å². The molecule has 1 heterocycles. The van der Waals surface area contributed by atoms with Gasteiger partial charge in [-0.25, -0.2) is 4.39 Å². The lowest BCUT2D eigenvalue weighted by Gasteiger charge is -2.24. The second-order valence-corrected chi connectivity index (χ2v) is 5.23. The normalized spacial score (nSPS) is 19.4. The molecule has 19 heavy (non-hydrogen) atoms. The Bertz CT molecular complexity index is 413. The van der Waals surface area contributed by atoms with Gasteiger partial charge in [-0.05, 0) is 55.5 Å². The van der Waals surface area contributed by atoms with Crippen LogP contribution in [0.15, 0.2) is 12.1 Å². The average molecular weight is 265 g/mol. The smallest absolute Gasteiger partial charge is 0.126 e. The van der Waals surface area contributed by atoms with E-state index in [0.29, 0.717) is 5.92 Å². The van der Waals surface area contributed by atoms with Gasteiger partial charge in [-0.1, -0.05) is 13.8 Å². The average Bonchev–Trinajstić information content (AvgIpc) is 2.46. The summed E-state index contributed by atoms with van der Waals surface area (Å²) in [6, 6.07) is 3.32. The Hall–Kier alpha value is -1.09. The lowest BCUT2D eigenvalue weighted by molar-refractivity contribution is 0.216. The first-order valence-electron chi connectivity index (χ1n) is 7.40. The summed E-state index contributed by atoms with van der Waals surface area (Å²) >= 11 is 0. The summed E-state index contributed by atoms with van der Waals surface area (Å²) in [6.07, 6.45) is 3.98. The molecule has 0 bridgehead atoms. The summed E-state index contributed by atoms with van der Waals surface area (Å²) < 4.78 is 19.7. The number of halogens is 1. The summed E-state index contributed by atoms with van der Waals surface area (Å²) in [6.45, 7) is 6.93. The first-order valence-corrected chi connectivity index (χ1v) is 7.40. The van der Waals surface area contributed by atoms with Gasteiger partial charge in [0.05, 0.1) is 6.61 Å². The molecule has 0 unspecified atom stereocenters. The molecule has 1 N–H and O–H groups in total. The third kappa shape index (κ3) is 3.47. The number of hydrogen-bond acceptors (Lipinski definition) is 2. The third-order valence-corrected chi connectivity index (χ3v) is 3.91. The van der Waals surface area contributed by atoms with Crippen LogP contribution in [0, 0.1) is 11.7 Å². The van der Waals surface area contributed by atoms with Crippen molar-refractivity contribution in [2.75, 3.05) is 19.7 Å². The molecule has 0 aliphatic carbocycles. The van der Waals surface area contributed by atoms with Crippen LogP contribution in [0.25, 0.3) is 0 Å². The van der Waals surface area contributed by atoms with Gasteiger partial charge in [-0.15, -0.1) is 0 Å². The van der Waals surface area contributed by atoms with Crippen molar-refractivity contribution in [3.05, 3.63) is 29.1 Å². The number of hydrogen-bond donors (Lipinski definition) is 1. The van der Waals surface area contributed by atoms with E-state index in [9.17, 15) is 4.39 Å². The molecule has 1 aromatic rings. The van der Waals surface area contributed by atoms with Crippen LogP contribution in [0.5, 0.6) is 5.75 Å². The van der Waals surface area contributed by atoms with Gasteiger partial charge in [-0.2, -0.15) is 0 Å². The van der Waals surface area contributed by atoms with Crippen LogP contribution in [-0.4, -0.2) is 19.7 Å². The Kier molecular flexibility index (Phi) is 5.20. The van der Waals surface area contributed by atoms with Crippen LogP contribution in [0.4, 0.5) is 4.39 Å². The molecule has 1 aliphatic heterocycles. The van der Waals surface area contributed by atoms with E-state index < -0.39 is 0 Å². The molecule has 0 amide bonds. The van der Waals surface area contributed by atoms with Crippen molar-refractivity contribution in [2.45, 2.75) is 39.5 Å². The SMILES string of the molecule is CCc1c(F)ccc(OC[C@H]2CCCNC2)c1CC. The van der Waals surface area contributed by atoms with Crippen LogP contribution in [0.1, 0.15) is 37.8 Å². The van der Waals surface area contributed by atoms with Crippen molar-refractivity contribution in [3.63, 3.8) is 0 Å². The highest BCUT2D eigenvalue weighted by Gasteiger charge is 2.16. The van der Waals surface area contributed by atoms with E-state index in [-0.39, 0.29) is 5.82 Å². The molecule has 2 rings (SSSR count). The van der Waals surface area contributed by atoms with Gasteiger partial charge in [0.25, 0.3) is 0 Å². The number of ether oxygens (including phenoxy) is 1. The fourth-order valence-electron chi connectivity index (χ4n) is 2.82. The predicted octanol–water partition coefficient (Wildman–Crippen LogP) is 3.33. The minimum absolute atomic E-state index is 0.106. The quantitative estimate of drug-likeness (QED) is 0.881. The monoisotopic (exact) mass is 265 g/mol. The van der Waals surface area contributed by atoms with E-state index >= 15 is 0 Å². The van der Waals surface area contributed by atoms with Gasteiger partial charge in [0.15, 0.2) is 0 Å². The highest BCUT2D eigenvalue weighted by atomic mass is 19.1. The van der Waals surface area contributed by atoms with E-state index in [4.69, 9.17) is 4.74 Å². The van der Waals surface area contributed by atoms with E-state index in [2.05, 4.69) is 12.2 Å². The summed E-state index contributed by atoms with van der Waals surface area (Å²) in [4.78, 5) is 0. The zero-order valence-electron chi connectivity index (χ0n) is 12.0. The largest absolute Gasteiger partial charge is 0.493 e. The minimum atomic E-state index is -0.106. The molecule has 0 spiro atoms. The summed E-state index contributed by atoms with van der Waals surface area (Å²) in [5.41, 5.74) is 1.84. The summed E-state index contributed by atoms with van der Waals surface area (Å²) in [7, 11) is 0. The van der Waals surface area contributed by atoms with Crippen molar-refractivity contribution in [2.24, 2.45) is 5.92 Å². The van der Waals surface area contributed by atoms with Gasteiger partial charge < -0.3 is 10.1 Å². The van der Waals surface area contributed by atoms with E-state index in [1.54, 1.807) is 6.07 Å². The standard InChI is InChI=1S/C16H24FNO/c1-3-13-14(4-2)16(8-7-15(13)17)19-11-12-6-5-9-18-10-12/h7-8,12,18H,3-6,9-11H2,1-2H3/t12-/m0/s1. The lowest BCUT2D eigenvalue weighted by atomic mass is 10.00. The Balaban J connectivity index is 2.06. The Morgan fingerprint density at radius 3 is 2.68 bits per heavy atom. The number of piperidine rings is 1. The van der Waals surface area contributed by atoms with Gasteiger partial charge in [0.2, 0.25) is 0 Å². The molecule has 0 aromatic heterocycles. The fraction of sp³-hybridized carbons (Fsp3) is 0.625. The lowest BCUT2D eigenvalue weighted by Crippen LogP contribution is -2.33. The predicted molar refractivity (Wildman–Crippen MR) is 76.2 cm³/mol. The Labute approximate surface area is 115 Å². The van der Waals surface area contributed by atoms with Crippen molar-refractivity contribution in [3.8, 4) is 5.75 Å². The zero-order valence-corrected chi connectivity index (χ0v) is 12.0. The van der Waals surface area contributed by atoms with Crippen molar-refractivity contribution in [1.82, 2.24) is 5.32 Å². The van der Waals surface area contributed by atoms with Crippen LogP contribution < -0.4 is 10.1 Å². The van der Waals surface area contributed by atoms with Crippen molar-refractivity contribution < 1.29 is 9.13 Å². The van der Waals surface area contributed by atoms with Crippen LogP contribution >= 0.6 is 0 Å². The minimum Gasteiger partial charge on any atom is -0.493 e. The van der Waals surface area contributed by atoms with E-state index in [1.165, 1.54) is 18.9 Å². The topological polar surface area (TPSA) is 21.3 Å². The maximum Gasteiger partial charge on any atom is 0.126 e. The number of nitrogens with one attached hydrogen (secondary N) is 1. The molecule has 3 heteroatoms. The fourth-order valence-corrected chi connectivity index (χ4v) is 2.82. The van der Waals surface area contributed by atoms with Gasteiger partial charge in [0, 0.05) is 12.5 Å². The molecule has 1 atom stereocenters. The number of rotatable bonds is 5.